The van der Waals surface area contributed by atoms with Gasteiger partial charge in [-0.1, -0.05) is 120 Å². The Hall–Kier alpha value is -2.22. The maximum absolute atomic E-state index is 12.7. The monoisotopic (exact) mass is 890 g/mol. The van der Waals surface area contributed by atoms with E-state index in [0.717, 1.165) is 70.6 Å². The molecule has 5 atom stereocenters. The SMILES string of the molecule is CCCCC/C=C\C/C=C\C/C=C\CC1OC1CCCC(=O)O[C@H](COC(=O)CCCCCCC/C=C\C/C=C\CCCCC)COP(=O)(O)OC[C@@H](O)COP(=O)(O)O. The minimum atomic E-state index is -4.88. The quantitative estimate of drug-likeness (QED) is 0.0148. The molecule has 4 N–H and O–H groups in total. The van der Waals surface area contributed by atoms with E-state index in [1.807, 2.05) is 0 Å². The number of rotatable bonds is 40. The molecule has 1 fully saturated rings. The number of unbranched alkanes of at least 4 members (excludes halogenated alkanes) is 11. The summed E-state index contributed by atoms with van der Waals surface area (Å²) in [6, 6.07) is 0. The fraction of sp³-hybridized carbons (Fsp3) is 0.727. The Labute approximate surface area is 359 Å². The molecular weight excluding hydrogens is 814 g/mol. The fourth-order valence-electron chi connectivity index (χ4n) is 5.82. The van der Waals surface area contributed by atoms with Crippen LogP contribution in [0.15, 0.2) is 60.8 Å². The number of hydrogen-bond donors (Lipinski definition) is 4. The van der Waals surface area contributed by atoms with Gasteiger partial charge in [-0.15, -0.1) is 0 Å². The highest BCUT2D eigenvalue weighted by molar-refractivity contribution is 7.47. The van der Waals surface area contributed by atoms with Crippen molar-refractivity contribution in [3.8, 4) is 0 Å². The predicted octanol–water partition coefficient (Wildman–Crippen LogP) is 10.2. The van der Waals surface area contributed by atoms with Crippen molar-refractivity contribution in [2.24, 2.45) is 0 Å². The topological polar surface area (TPSA) is 208 Å². The summed E-state index contributed by atoms with van der Waals surface area (Å²) in [5.41, 5.74) is 0. The third-order valence-corrected chi connectivity index (χ3v) is 10.7. The van der Waals surface area contributed by atoms with Crippen LogP contribution in [-0.2, 0) is 46.5 Å². The van der Waals surface area contributed by atoms with Gasteiger partial charge in [-0.25, -0.2) is 9.13 Å². The highest BCUT2D eigenvalue weighted by Gasteiger charge is 2.37. The van der Waals surface area contributed by atoms with Crippen molar-refractivity contribution in [1.29, 1.82) is 0 Å². The van der Waals surface area contributed by atoms with Gasteiger partial charge >= 0.3 is 27.6 Å². The highest BCUT2D eigenvalue weighted by Crippen LogP contribution is 2.44. The standard InChI is InChI=1S/C44H76O14P2/c1-3-5-7-9-11-13-15-17-18-19-21-23-25-27-29-33-43(46)53-37-40(38-56-60(51,52)55-36-39(45)35-54-59(48,49)50)57-44(47)34-30-32-42-41(58-42)31-28-26-24-22-20-16-14-12-10-8-6-4-2/h11-14,17-18,20,22,26,28,39-42,45H,3-10,15-16,19,21,23-25,27,29-38H2,1-2H3,(H,51,52)(H2,48,49,50)/b13-11-,14-12-,18-17-,22-20-,28-26-/t39-,40+,41?,42?/m0/s1. The number of carbonyl (C=O) groups is 2. The lowest BCUT2D eigenvalue weighted by atomic mass is 10.1. The first-order valence-electron chi connectivity index (χ1n) is 22.1. The molecule has 1 heterocycles. The van der Waals surface area contributed by atoms with Gasteiger partial charge in [0.05, 0.1) is 32.0 Å². The molecule has 0 amide bonds. The molecule has 0 aromatic heterocycles. The molecule has 0 aliphatic carbocycles. The molecule has 0 bridgehead atoms. The van der Waals surface area contributed by atoms with Crippen LogP contribution in [0.4, 0.5) is 0 Å². The van der Waals surface area contributed by atoms with Crippen LogP contribution < -0.4 is 0 Å². The average molecular weight is 891 g/mol. The van der Waals surface area contributed by atoms with E-state index in [0.29, 0.717) is 19.3 Å². The van der Waals surface area contributed by atoms with Crippen LogP contribution in [0.3, 0.4) is 0 Å². The minimum Gasteiger partial charge on any atom is -0.462 e. The number of epoxide rings is 1. The molecule has 3 unspecified atom stereocenters. The van der Waals surface area contributed by atoms with E-state index in [2.05, 4.69) is 83.7 Å². The number of hydrogen-bond acceptors (Lipinski definition) is 11. The van der Waals surface area contributed by atoms with Gasteiger partial charge in [0.2, 0.25) is 0 Å². The number of esters is 2. The molecule has 1 aliphatic rings. The molecular formula is C44H76O14P2. The summed E-state index contributed by atoms with van der Waals surface area (Å²) < 4.78 is 53.5. The summed E-state index contributed by atoms with van der Waals surface area (Å²) in [6.07, 6.45) is 39.4. The van der Waals surface area contributed by atoms with Gasteiger partial charge in [-0.2, -0.15) is 0 Å². The zero-order chi connectivity index (χ0) is 44.2. The normalized spacial score (nSPS) is 18.0. The number of aliphatic hydroxyl groups excluding tert-OH is 1. The zero-order valence-electron chi connectivity index (χ0n) is 36.2. The van der Waals surface area contributed by atoms with E-state index in [1.165, 1.54) is 38.5 Å². The number of aliphatic hydroxyl groups is 1. The Morgan fingerprint density at radius 2 is 1.08 bits per heavy atom. The Morgan fingerprint density at radius 3 is 1.68 bits per heavy atom. The van der Waals surface area contributed by atoms with E-state index in [-0.39, 0.29) is 25.0 Å². The second-order valence-electron chi connectivity index (χ2n) is 15.0. The smallest absolute Gasteiger partial charge is 0.462 e. The van der Waals surface area contributed by atoms with Crippen molar-refractivity contribution in [3.05, 3.63) is 60.8 Å². The van der Waals surface area contributed by atoms with Crippen LogP contribution in [0.25, 0.3) is 0 Å². The first-order chi connectivity index (χ1) is 28.8. The average Bonchev–Trinajstić information content (AvgIpc) is 3.96. The molecule has 1 rings (SSSR count). The summed E-state index contributed by atoms with van der Waals surface area (Å²) in [5.74, 6) is -1.13. The molecule has 14 nitrogen and oxygen atoms in total. The summed E-state index contributed by atoms with van der Waals surface area (Å²) in [5, 5.41) is 9.76. The minimum absolute atomic E-state index is 0.0374. The number of phosphoric ester groups is 2. The van der Waals surface area contributed by atoms with E-state index in [4.69, 9.17) is 28.5 Å². The first-order valence-corrected chi connectivity index (χ1v) is 25.1. The molecule has 16 heteroatoms. The van der Waals surface area contributed by atoms with Crippen LogP contribution in [0.2, 0.25) is 0 Å². The maximum Gasteiger partial charge on any atom is 0.472 e. The molecule has 0 spiro atoms. The third kappa shape index (κ3) is 36.4. The van der Waals surface area contributed by atoms with Gasteiger partial charge < -0.3 is 34.0 Å². The van der Waals surface area contributed by atoms with Crippen LogP contribution in [0.5, 0.6) is 0 Å². The number of carbonyl (C=O) groups excluding carboxylic acids is 2. The molecule has 60 heavy (non-hydrogen) atoms. The molecule has 0 aromatic carbocycles. The van der Waals surface area contributed by atoms with Gasteiger partial charge in [-0.05, 0) is 83.5 Å². The van der Waals surface area contributed by atoms with Gasteiger partial charge in [0, 0.05) is 12.8 Å². The Kier molecular flexibility index (Phi) is 33.7. The van der Waals surface area contributed by atoms with E-state index in [9.17, 15) is 28.7 Å². The first kappa shape index (κ1) is 55.8. The molecule has 1 saturated heterocycles. The van der Waals surface area contributed by atoms with Gasteiger partial charge in [-0.3, -0.25) is 23.2 Å². The Morgan fingerprint density at radius 1 is 0.583 bits per heavy atom. The lowest BCUT2D eigenvalue weighted by Gasteiger charge is -2.20. The van der Waals surface area contributed by atoms with Gasteiger partial charge in [0.25, 0.3) is 0 Å². The molecule has 1 aliphatic heterocycles. The second-order valence-corrected chi connectivity index (χ2v) is 17.7. The molecule has 0 saturated carbocycles. The molecule has 0 radical (unpaired) electrons. The van der Waals surface area contributed by atoms with Crippen molar-refractivity contribution < 1.29 is 66.3 Å². The lowest BCUT2D eigenvalue weighted by Crippen LogP contribution is -2.30. The van der Waals surface area contributed by atoms with Crippen LogP contribution in [0.1, 0.15) is 155 Å². The molecule has 0 aromatic rings. The third-order valence-electron chi connectivity index (χ3n) is 9.29. The zero-order valence-corrected chi connectivity index (χ0v) is 38.0. The number of phosphoric acid groups is 2. The maximum atomic E-state index is 12.7. The fourth-order valence-corrected chi connectivity index (χ4v) is 6.97. The van der Waals surface area contributed by atoms with Crippen LogP contribution in [0, 0.1) is 0 Å². The summed E-state index contributed by atoms with van der Waals surface area (Å²) in [4.78, 5) is 52.8. The van der Waals surface area contributed by atoms with Crippen LogP contribution >= 0.6 is 15.6 Å². The summed E-state index contributed by atoms with van der Waals surface area (Å²) in [7, 11) is -9.71. The number of allylic oxidation sites excluding steroid dienone is 9. The summed E-state index contributed by atoms with van der Waals surface area (Å²) in [6.45, 7) is 1.60. The van der Waals surface area contributed by atoms with E-state index < -0.39 is 66.2 Å². The molecule has 346 valence electrons. The number of ether oxygens (including phenoxy) is 3. The van der Waals surface area contributed by atoms with E-state index >= 15 is 0 Å². The van der Waals surface area contributed by atoms with Crippen molar-refractivity contribution in [3.63, 3.8) is 0 Å². The van der Waals surface area contributed by atoms with Gasteiger partial charge in [0.15, 0.2) is 6.10 Å². The predicted molar refractivity (Wildman–Crippen MR) is 234 cm³/mol. The summed E-state index contributed by atoms with van der Waals surface area (Å²) >= 11 is 0. The highest BCUT2D eigenvalue weighted by atomic mass is 31.2. The van der Waals surface area contributed by atoms with Crippen molar-refractivity contribution in [2.75, 3.05) is 26.4 Å². The van der Waals surface area contributed by atoms with Crippen LogP contribution in [-0.4, -0.2) is 82.6 Å². The van der Waals surface area contributed by atoms with Gasteiger partial charge in [0.1, 0.15) is 12.7 Å². The van der Waals surface area contributed by atoms with E-state index in [1.54, 1.807) is 0 Å². The van der Waals surface area contributed by atoms with Crippen molar-refractivity contribution >= 4 is 27.6 Å². The van der Waals surface area contributed by atoms with Crippen molar-refractivity contribution in [1.82, 2.24) is 0 Å². The Bertz CT molecular complexity index is 1360. The largest absolute Gasteiger partial charge is 0.472 e. The Balaban J connectivity index is 2.43. The van der Waals surface area contributed by atoms with Crippen molar-refractivity contribution in [2.45, 2.75) is 180 Å². The lowest BCUT2D eigenvalue weighted by molar-refractivity contribution is -0.161. The second kappa shape index (κ2) is 36.3.